The number of aromatic nitrogens is 2. The van der Waals surface area contributed by atoms with Crippen LogP contribution in [0.25, 0.3) is 0 Å². The van der Waals surface area contributed by atoms with E-state index in [9.17, 15) is 0 Å². The molecule has 0 bridgehead atoms. The van der Waals surface area contributed by atoms with Crippen LogP contribution in [0.1, 0.15) is 17.5 Å². The summed E-state index contributed by atoms with van der Waals surface area (Å²) in [4.78, 5) is 11.0. The maximum atomic E-state index is 6.27. The van der Waals surface area contributed by atoms with Crippen molar-refractivity contribution in [2.75, 3.05) is 55.8 Å². The van der Waals surface area contributed by atoms with Gasteiger partial charge < -0.3 is 21.1 Å². The van der Waals surface area contributed by atoms with Gasteiger partial charge in [-0.05, 0) is 44.0 Å². The van der Waals surface area contributed by atoms with Crippen LogP contribution in [0.2, 0.25) is 0 Å². The number of nitrogen functional groups attached to an aromatic ring is 1. The van der Waals surface area contributed by atoms with Crippen LogP contribution >= 0.6 is 0 Å². The first kappa shape index (κ1) is 18.4. The van der Waals surface area contributed by atoms with E-state index in [0.29, 0.717) is 17.3 Å². The smallest absolute Gasteiger partial charge is 0.159 e. The number of benzene rings is 1. The van der Waals surface area contributed by atoms with Crippen LogP contribution < -0.4 is 16.4 Å². The van der Waals surface area contributed by atoms with Crippen LogP contribution in [0.4, 0.5) is 23.0 Å². The van der Waals surface area contributed by atoms with Gasteiger partial charge in [-0.25, -0.2) is 9.97 Å². The Hall–Kier alpha value is -2.38. The van der Waals surface area contributed by atoms with E-state index in [-0.39, 0.29) is 0 Å². The molecule has 0 saturated carbocycles. The van der Waals surface area contributed by atoms with E-state index in [0.717, 1.165) is 51.5 Å². The van der Waals surface area contributed by atoms with Crippen molar-refractivity contribution in [1.29, 1.82) is 0 Å². The van der Waals surface area contributed by atoms with E-state index >= 15 is 0 Å². The molecule has 2 heterocycles. The molecule has 0 radical (unpaired) electrons. The highest BCUT2D eigenvalue weighted by Gasteiger charge is 2.11. The first-order valence-corrected chi connectivity index (χ1v) is 9.13. The van der Waals surface area contributed by atoms with Crippen molar-refractivity contribution in [3.63, 3.8) is 0 Å². The Morgan fingerprint density at radius 2 is 1.92 bits per heavy atom. The van der Waals surface area contributed by atoms with Crippen LogP contribution in [0.3, 0.4) is 0 Å². The van der Waals surface area contributed by atoms with Gasteiger partial charge in [0.2, 0.25) is 0 Å². The van der Waals surface area contributed by atoms with Crippen molar-refractivity contribution < 1.29 is 4.74 Å². The summed E-state index contributed by atoms with van der Waals surface area (Å²) in [5, 5.41) is 6.66. The zero-order valence-electron chi connectivity index (χ0n) is 15.6. The number of anilines is 4. The molecule has 1 aromatic heterocycles. The SMILES string of the molecule is Cc1cccc(Nc2ncnc(NCCCN3CCOCC3)c2N)c1C. The summed E-state index contributed by atoms with van der Waals surface area (Å²) >= 11 is 0. The Morgan fingerprint density at radius 1 is 1.15 bits per heavy atom. The van der Waals surface area contributed by atoms with E-state index in [1.54, 1.807) is 0 Å². The largest absolute Gasteiger partial charge is 0.393 e. The average Bonchev–Trinajstić information content (AvgIpc) is 2.66. The molecule has 0 amide bonds. The molecule has 3 rings (SSSR count). The number of hydrogen-bond acceptors (Lipinski definition) is 7. The minimum absolute atomic E-state index is 0.541. The fourth-order valence-electron chi connectivity index (χ4n) is 2.98. The van der Waals surface area contributed by atoms with Crippen molar-refractivity contribution in [3.8, 4) is 0 Å². The normalized spacial score (nSPS) is 15.0. The van der Waals surface area contributed by atoms with Crippen molar-refractivity contribution in [2.24, 2.45) is 0 Å². The Labute approximate surface area is 155 Å². The molecule has 26 heavy (non-hydrogen) atoms. The third-order valence-electron chi connectivity index (χ3n) is 4.79. The van der Waals surface area contributed by atoms with Gasteiger partial charge in [-0.1, -0.05) is 12.1 Å². The van der Waals surface area contributed by atoms with Gasteiger partial charge in [0.25, 0.3) is 0 Å². The quantitative estimate of drug-likeness (QED) is 0.657. The summed E-state index contributed by atoms with van der Waals surface area (Å²) in [5.41, 5.74) is 10.2. The first-order chi connectivity index (χ1) is 12.6. The third kappa shape index (κ3) is 4.62. The van der Waals surface area contributed by atoms with E-state index < -0.39 is 0 Å². The van der Waals surface area contributed by atoms with Gasteiger partial charge in [-0.3, -0.25) is 4.90 Å². The first-order valence-electron chi connectivity index (χ1n) is 9.13. The second-order valence-electron chi connectivity index (χ2n) is 6.59. The molecule has 7 heteroatoms. The monoisotopic (exact) mass is 356 g/mol. The Balaban J connectivity index is 1.57. The van der Waals surface area contributed by atoms with Crippen LogP contribution in [0, 0.1) is 13.8 Å². The van der Waals surface area contributed by atoms with Crippen LogP contribution in [0.5, 0.6) is 0 Å². The van der Waals surface area contributed by atoms with Gasteiger partial charge in [0.15, 0.2) is 11.6 Å². The van der Waals surface area contributed by atoms with Crippen molar-refractivity contribution >= 4 is 23.0 Å². The third-order valence-corrected chi connectivity index (χ3v) is 4.79. The number of morpholine rings is 1. The molecule has 0 spiro atoms. The lowest BCUT2D eigenvalue weighted by atomic mass is 10.1. The predicted molar refractivity (Wildman–Crippen MR) is 106 cm³/mol. The van der Waals surface area contributed by atoms with Crippen molar-refractivity contribution in [3.05, 3.63) is 35.7 Å². The number of ether oxygens (including phenoxy) is 1. The molecular formula is C19H28N6O. The average molecular weight is 356 g/mol. The molecule has 0 atom stereocenters. The topological polar surface area (TPSA) is 88.3 Å². The van der Waals surface area contributed by atoms with Crippen molar-refractivity contribution in [1.82, 2.24) is 14.9 Å². The fraction of sp³-hybridized carbons (Fsp3) is 0.474. The standard InChI is InChI=1S/C19H28N6O/c1-14-5-3-6-16(15(14)2)24-19-17(20)18(22-13-23-19)21-7-4-8-25-9-11-26-12-10-25/h3,5-6,13H,4,7-12,20H2,1-2H3,(H2,21,22,23,24). The predicted octanol–water partition coefficient (Wildman–Crippen LogP) is 2.55. The molecule has 0 unspecified atom stereocenters. The van der Waals surface area contributed by atoms with Gasteiger partial charge in [-0.15, -0.1) is 0 Å². The molecule has 1 aliphatic heterocycles. The maximum Gasteiger partial charge on any atom is 0.159 e. The van der Waals surface area contributed by atoms with Crippen LogP contribution in [-0.2, 0) is 4.74 Å². The van der Waals surface area contributed by atoms with Crippen molar-refractivity contribution in [2.45, 2.75) is 20.3 Å². The lowest BCUT2D eigenvalue weighted by Gasteiger charge is -2.26. The summed E-state index contributed by atoms with van der Waals surface area (Å²) < 4.78 is 5.37. The Kier molecular flexibility index (Phi) is 6.25. The maximum absolute atomic E-state index is 6.27. The second kappa shape index (κ2) is 8.82. The highest BCUT2D eigenvalue weighted by molar-refractivity contribution is 5.78. The summed E-state index contributed by atoms with van der Waals surface area (Å²) in [7, 11) is 0. The molecule has 140 valence electrons. The molecule has 4 N–H and O–H groups in total. The van der Waals surface area contributed by atoms with Gasteiger partial charge >= 0.3 is 0 Å². The van der Waals surface area contributed by atoms with Crippen LogP contribution in [0.15, 0.2) is 24.5 Å². The molecule has 2 aromatic rings. The lowest BCUT2D eigenvalue weighted by molar-refractivity contribution is 0.0378. The number of hydrogen-bond donors (Lipinski definition) is 3. The number of nitrogens with zero attached hydrogens (tertiary/aromatic N) is 3. The number of nitrogens with one attached hydrogen (secondary N) is 2. The highest BCUT2D eigenvalue weighted by Crippen LogP contribution is 2.28. The molecule has 1 fully saturated rings. The summed E-state index contributed by atoms with van der Waals surface area (Å²) in [5.74, 6) is 1.30. The van der Waals surface area contributed by atoms with Gasteiger partial charge in [0, 0.05) is 25.3 Å². The minimum Gasteiger partial charge on any atom is -0.393 e. The van der Waals surface area contributed by atoms with Gasteiger partial charge in [-0.2, -0.15) is 0 Å². The van der Waals surface area contributed by atoms with Gasteiger partial charge in [0.1, 0.15) is 12.0 Å². The molecule has 7 nitrogen and oxygen atoms in total. The molecule has 1 saturated heterocycles. The Bertz CT molecular complexity index is 730. The van der Waals surface area contributed by atoms with E-state index in [1.165, 1.54) is 17.5 Å². The van der Waals surface area contributed by atoms with Crippen LogP contribution in [-0.4, -0.2) is 54.3 Å². The number of rotatable bonds is 7. The molecule has 1 aromatic carbocycles. The summed E-state index contributed by atoms with van der Waals surface area (Å²) in [6.07, 6.45) is 2.57. The second-order valence-corrected chi connectivity index (χ2v) is 6.59. The van der Waals surface area contributed by atoms with E-state index in [1.807, 2.05) is 12.1 Å². The molecular weight excluding hydrogens is 328 g/mol. The minimum atomic E-state index is 0.541. The lowest BCUT2D eigenvalue weighted by Crippen LogP contribution is -2.37. The fourth-order valence-corrected chi connectivity index (χ4v) is 2.98. The molecule has 0 aliphatic carbocycles. The zero-order valence-corrected chi connectivity index (χ0v) is 15.6. The van der Waals surface area contributed by atoms with E-state index in [2.05, 4.69) is 45.4 Å². The summed E-state index contributed by atoms with van der Waals surface area (Å²) in [6.45, 7) is 9.74. The highest BCUT2D eigenvalue weighted by atomic mass is 16.5. The van der Waals surface area contributed by atoms with E-state index in [4.69, 9.17) is 10.5 Å². The Morgan fingerprint density at radius 3 is 2.73 bits per heavy atom. The zero-order chi connectivity index (χ0) is 18.4. The van der Waals surface area contributed by atoms with Gasteiger partial charge in [0.05, 0.1) is 13.2 Å². The number of nitrogens with two attached hydrogens (primary N) is 1. The number of aryl methyl sites for hydroxylation is 1. The molecule has 1 aliphatic rings. The summed E-state index contributed by atoms with van der Waals surface area (Å²) in [6, 6.07) is 6.14.